The van der Waals surface area contributed by atoms with Crippen LogP contribution in [-0.2, 0) is 10.8 Å². The summed E-state index contributed by atoms with van der Waals surface area (Å²) in [5, 5.41) is 10.9. The third-order valence-electron chi connectivity index (χ3n) is 2.91. The molecule has 0 aliphatic rings. The molecule has 0 aliphatic carbocycles. The van der Waals surface area contributed by atoms with Gasteiger partial charge in [0, 0.05) is 11.6 Å². The molecule has 6 heteroatoms. The van der Waals surface area contributed by atoms with E-state index in [1.54, 1.807) is 24.3 Å². The summed E-state index contributed by atoms with van der Waals surface area (Å²) in [6, 6.07) is 12.7. The number of ketones is 1. The molecule has 2 aromatic carbocycles. The second kappa shape index (κ2) is 6.41. The van der Waals surface area contributed by atoms with E-state index in [0.29, 0.717) is 5.56 Å². The second-order valence-electron chi connectivity index (χ2n) is 4.51. The molecule has 5 nitrogen and oxygen atoms in total. The number of nitro benzene ring substituents is 1. The molecule has 0 heterocycles. The van der Waals surface area contributed by atoms with Gasteiger partial charge in [-0.3, -0.25) is 19.1 Å². The first kappa shape index (κ1) is 15.1. The topological polar surface area (TPSA) is 77.3 Å². The van der Waals surface area contributed by atoms with Gasteiger partial charge in [-0.15, -0.1) is 0 Å². The molecule has 1 unspecified atom stereocenters. The van der Waals surface area contributed by atoms with Crippen LogP contribution >= 0.6 is 0 Å². The predicted molar refractivity (Wildman–Crippen MR) is 79.9 cm³/mol. The van der Waals surface area contributed by atoms with E-state index in [1.165, 1.54) is 18.2 Å². The highest BCUT2D eigenvalue weighted by molar-refractivity contribution is 7.86. The van der Waals surface area contributed by atoms with Gasteiger partial charge in [-0.05, 0) is 19.1 Å². The Kier molecular flexibility index (Phi) is 4.59. The van der Waals surface area contributed by atoms with Gasteiger partial charge >= 0.3 is 0 Å². The van der Waals surface area contributed by atoms with E-state index in [2.05, 4.69) is 0 Å². The highest BCUT2D eigenvalue weighted by Gasteiger charge is 2.20. The van der Waals surface area contributed by atoms with Crippen LogP contribution in [-0.4, -0.2) is 20.7 Å². The molecular formula is C15H13NO4S. The second-order valence-corrected chi connectivity index (χ2v) is 5.93. The Bertz CT molecular complexity index is 727. The first-order valence-electron chi connectivity index (χ1n) is 6.20. The fourth-order valence-electron chi connectivity index (χ4n) is 1.90. The minimum Gasteiger partial charge on any atom is -0.293 e. The van der Waals surface area contributed by atoms with Crippen LogP contribution in [0.25, 0.3) is 0 Å². The van der Waals surface area contributed by atoms with Gasteiger partial charge in [-0.1, -0.05) is 35.9 Å². The van der Waals surface area contributed by atoms with E-state index in [-0.39, 0.29) is 22.1 Å². The number of Topliss-reactive ketones (excluding diaryl/α,β-unsaturated/α-hetero) is 1. The van der Waals surface area contributed by atoms with E-state index in [4.69, 9.17) is 0 Å². The van der Waals surface area contributed by atoms with Crippen LogP contribution in [0.3, 0.4) is 0 Å². The SMILES string of the molecule is Cc1cccc(C(=O)CS(=O)c2ccccc2[N+](=O)[O-])c1. The third-order valence-corrected chi connectivity index (χ3v) is 4.27. The molecule has 0 aliphatic heterocycles. The molecule has 0 amide bonds. The minimum absolute atomic E-state index is 0.0727. The Hall–Kier alpha value is -2.34. The highest BCUT2D eigenvalue weighted by Crippen LogP contribution is 2.22. The van der Waals surface area contributed by atoms with Crippen molar-refractivity contribution in [3.8, 4) is 0 Å². The number of para-hydroxylation sites is 1. The van der Waals surface area contributed by atoms with E-state index in [9.17, 15) is 19.1 Å². The summed E-state index contributed by atoms with van der Waals surface area (Å²) < 4.78 is 12.2. The fraction of sp³-hybridized carbons (Fsp3) is 0.133. The van der Waals surface area contributed by atoms with Gasteiger partial charge < -0.3 is 0 Å². The van der Waals surface area contributed by atoms with Crippen molar-refractivity contribution < 1.29 is 13.9 Å². The molecule has 0 spiro atoms. The molecular weight excluding hydrogens is 290 g/mol. The Morgan fingerprint density at radius 3 is 2.57 bits per heavy atom. The molecule has 108 valence electrons. The number of hydrogen-bond acceptors (Lipinski definition) is 4. The average molecular weight is 303 g/mol. The molecule has 0 fully saturated rings. The number of hydrogen-bond donors (Lipinski definition) is 0. The number of aryl methyl sites for hydroxylation is 1. The van der Waals surface area contributed by atoms with Crippen molar-refractivity contribution >= 4 is 22.3 Å². The lowest BCUT2D eigenvalue weighted by Gasteiger charge is -2.04. The lowest BCUT2D eigenvalue weighted by Crippen LogP contribution is -2.12. The standard InChI is InChI=1S/C15H13NO4S/c1-11-5-4-6-12(9-11)14(17)10-21(20)15-8-3-2-7-13(15)16(18)19/h2-9H,10H2,1H3. The van der Waals surface area contributed by atoms with Crippen molar-refractivity contribution in [3.63, 3.8) is 0 Å². The number of nitro groups is 1. The van der Waals surface area contributed by atoms with Crippen molar-refractivity contribution in [2.75, 3.05) is 5.75 Å². The van der Waals surface area contributed by atoms with Gasteiger partial charge in [-0.25, -0.2) is 0 Å². The van der Waals surface area contributed by atoms with E-state index in [0.717, 1.165) is 5.56 Å². The van der Waals surface area contributed by atoms with Crippen LogP contribution in [0.4, 0.5) is 5.69 Å². The molecule has 0 bridgehead atoms. The van der Waals surface area contributed by atoms with Crippen LogP contribution in [0.1, 0.15) is 15.9 Å². The Labute approximate surface area is 124 Å². The molecule has 0 N–H and O–H groups in total. The predicted octanol–water partition coefficient (Wildman–Crippen LogP) is 2.89. The van der Waals surface area contributed by atoms with Gasteiger partial charge in [0.15, 0.2) is 5.78 Å². The van der Waals surface area contributed by atoms with Gasteiger partial charge in [0.1, 0.15) is 4.90 Å². The van der Waals surface area contributed by atoms with Gasteiger partial charge in [0.25, 0.3) is 5.69 Å². The number of carbonyl (C=O) groups excluding carboxylic acids is 1. The quantitative estimate of drug-likeness (QED) is 0.483. The van der Waals surface area contributed by atoms with Gasteiger partial charge in [0.05, 0.1) is 21.5 Å². The zero-order valence-electron chi connectivity index (χ0n) is 11.3. The zero-order chi connectivity index (χ0) is 15.4. The van der Waals surface area contributed by atoms with Crippen molar-refractivity contribution in [2.24, 2.45) is 0 Å². The summed E-state index contributed by atoms with van der Waals surface area (Å²) in [6.45, 7) is 1.86. The first-order chi connectivity index (χ1) is 9.99. The summed E-state index contributed by atoms with van der Waals surface area (Å²) in [5.74, 6) is -0.566. The lowest BCUT2D eigenvalue weighted by molar-refractivity contribution is -0.387. The number of carbonyl (C=O) groups is 1. The van der Waals surface area contributed by atoms with Gasteiger partial charge in [-0.2, -0.15) is 0 Å². The Morgan fingerprint density at radius 2 is 1.90 bits per heavy atom. The molecule has 0 saturated heterocycles. The summed E-state index contributed by atoms with van der Waals surface area (Å²) in [4.78, 5) is 22.5. The molecule has 0 saturated carbocycles. The largest absolute Gasteiger partial charge is 0.293 e. The van der Waals surface area contributed by atoms with Crippen molar-refractivity contribution in [3.05, 3.63) is 69.8 Å². The maximum Gasteiger partial charge on any atom is 0.285 e. The Morgan fingerprint density at radius 1 is 1.19 bits per heavy atom. The fourth-order valence-corrected chi connectivity index (χ4v) is 3.07. The Balaban J connectivity index is 2.23. The molecule has 2 rings (SSSR count). The normalized spacial score (nSPS) is 11.9. The van der Waals surface area contributed by atoms with Crippen LogP contribution in [0.15, 0.2) is 53.4 Å². The summed E-state index contributed by atoms with van der Waals surface area (Å²) in [5.41, 5.74) is 1.16. The van der Waals surface area contributed by atoms with Crippen LogP contribution in [0.2, 0.25) is 0 Å². The summed E-state index contributed by atoms with van der Waals surface area (Å²) in [6.07, 6.45) is 0. The van der Waals surface area contributed by atoms with E-state index < -0.39 is 15.7 Å². The summed E-state index contributed by atoms with van der Waals surface area (Å²) >= 11 is 0. The van der Waals surface area contributed by atoms with Crippen LogP contribution < -0.4 is 0 Å². The number of nitrogens with zero attached hydrogens (tertiary/aromatic N) is 1. The monoisotopic (exact) mass is 303 g/mol. The molecule has 21 heavy (non-hydrogen) atoms. The van der Waals surface area contributed by atoms with Gasteiger partial charge in [0.2, 0.25) is 0 Å². The molecule has 1 atom stereocenters. The maximum atomic E-state index is 12.2. The van der Waals surface area contributed by atoms with E-state index in [1.807, 2.05) is 13.0 Å². The molecule has 0 aromatic heterocycles. The van der Waals surface area contributed by atoms with Crippen molar-refractivity contribution in [1.82, 2.24) is 0 Å². The van der Waals surface area contributed by atoms with Crippen LogP contribution in [0, 0.1) is 17.0 Å². The highest BCUT2D eigenvalue weighted by atomic mass is 32.2. The zero-order valence-corrected chi connectivity index (χ0v) is 12.1. The maximum absolute atomic E-state index is 12.2. The smallest absolute Gasteiger partial charge is 0.285 e. The van der Waals surface area contributed by atoms with E-state index >= 15 is 0 Å². The minimum atomic E-state index is -1.74. The van der Waals surface area contributed by atoms with Crippen LogP contribution in [0.5, 0.6) is 0 Å². The molecule has 0 radical (unpaired) electrons. The number of rotatable bonds is 5. The summed E-state index contributed by atoms with van der Waals surface area (Å²) in [7, 11) is -1.74. The average Bonchev–Trinajstić information content (AvgIpc) is 2.47. The first-order valence-corrected chi connectivity index (χ1v) is 7.52. The van der Waals surface area contributed by atoms with Crippen molar-refractivity contribution in [2.45, 2.75) is 11.8 Å². The molecule has 2 aromatic rings. The third kappa shape index (κ3) is 3.61. The lowest BCUT2D eigenvalue weighted by atomic mass is 10.1. The van der Waals surface area contributed by atoms with Crippen molar-refractivity contribution in [1.29, 1.82) is 0 Å². The number of benzene rings is 2.